The lowest BCUT2D eigenvalue weighted by atomic mass is 9.72. The van der Waals surface area contributed by atoms with E-state index in [9.17, 15) is 0 Å². The van der Waals surface area contributed by atoms with E-state index in [2.05, 4.69) is 63.9 Å². The Morgan fingerprint density at radius 2 is 1.97 bits per heavy atom. The summed E-state index contributed by atoms with van der Waals surface area (Å²) in [6.45, 7) is 6.43. The van der Waals surface area contributed by atoms with E-state index in [1.807, 2.05) is 6.20 Å². The molecule has 2 aromatic rings. The van der Waals surface area contributed by atoms with Gasteiger partial charge in [0.05, 0.1) is 5.69 Å². The zero-order valence-corrected chi connectivity index (χ0v) is 18.0. The number of nitrogens with one attached hydrogen (secondary N) is 2. The van der Waals surface area contributed by atoms with Crippen LogP contribution < -0.4 is 15.5 Å². The summed E-state index contributed by atoms with van der Waals surface area (Å²) >= 11 is 0. The van der Waals surface area contributed by atoms with Crippen LogP contribution in [-0.2, 0) is 10.3 Å². The topological polar surface area (TPSA) is 62.3 Å². The van der Waals surface area contributed by atoms with E-state index < -0.39 is 0 Å². The quantitative estimate of drug-likeness (QED) is 0.777. The maximum Gasteiger partial charge on any atom is 0.227 e. The third-order valence-corrected chi connectivity index (χ3v) is 7.07. The van der Waals surface area contributed by atoms with Gasteiger partial charge in [-0.15, -0.1) is 0 Å². The Kier molecular flexibility index (Phi) is 4.49. The third-order valence-electron chi connectivity index (χ3n) is 7.07. The largest absolute Gasteiger partial charge is 0.484 e. The zero-order valence-electron chi connectivity index (χ0n) is 18.0. The van der Waals surface area contributed by atoms with Crippen LogP contribution in [0.2, 0.25) is 0 Å². The number of allylic oxidation sites excluding steroid dienone is 4. The number of nitrogens with zero attached hydrogens (tertiary/aromatic N) is 3. The number of aromatic nitrogens is 2. The summed E-state index contributed by atoms with van der Waals surface area (Å²) in [5, 5.41) is 6.81. The van der Waals surface area contributed by atoms with E-state index in [0.29, 0.717) is 11.9 Å². The van der Waals surface area contributed by atoms with Gasteiger partial charge in [-0.25, -0.2) is 9.97 Å². The van der Waals surface area contributed by atoms with Crippen molar-refractivity contribution in [1.82, 2.24) is 15.3 Å². The fourth-order valence-corrected chi connectivity index (χ4v) is 5.11. The van der Waals surface area contributed by atoms with Crippen LogP contribution in [0.25, 0.3) is 5.57 Å². The van der Waals surface area contributed by atoms with Crippen molar-refractivity contribution in [3.63, 3.8) is 0 Å². The molecule has 1 aromatic carbocycles. The van der Waals surface area contributed by atoms with Crippen LogP contribution in [0.3, 0.4) is 0 Å². The minimum atomic E-state index is -0.265. The number of hydrogen-bond donors (Lipinski definition) is 2. The Hall–Kier alpha value is -2.86. The van der Waals surface area contributed by atoms with Crippen LogP contribution >= 0.6 is 0 Å². The highest BCUT2D eigenvalue weighted by Gasteiger charge is 2.49. The van der Waals surface area contributed by atoms with Gasteiger partial charge in [0.1, 0.15) is 5.76 Å². The van der Waals surface area contributed by atoms with E-state index in [4.69, 9.17) is 9.72 Å². The lowest BCUT2D eigenvalue weighted by Crippen LogP contribution is -2.43. The molecule has 1 unspecified atom stereocenters. The van der Waals surface area contributed by atoms with Crippen LogP contribution in [-0.4, -0.2) is 36.1 Å². The molecule has 0 amide bonds. The molecule has 1 saturated heterocycles. The number of hydrogen-bond acceptors (Lipinski definition) is 6. The zero-order chi connectivity index (χ0) is 20.8. The van der Waals surface area contributed by atoms with Crippen LogP contribution in [0.4, 0.5) is 17.3 Å². The number of anilines is 3. The van der Waals surface area contributed by atoms with Crippen molar-refractivity contribution in [3.05, 3.63) is 59.6 Å². The van der Waals surface area contributed by atoms with Gasteiger partial charge in [-0.05, 0) is 49.9 Å². The van der Waals surface area contributed by atoms with Gasteiger partial charge in [0, 0.05) is 60.8 Å². The first-order valence-electron chi connectivity index (χ1n) is 11.5. The predicted molar refractivity (Wildman–Crippen MR) is 123 cm³/mol. The minimum Gasteiger partial charge on any atom is -0.484 e. The standard InChI is InChI=1S/C25H29N5O/c1-17-4-2-5-20-21-16-27-24(29-23(21)25(10-3-11-25)31-22(17)20)28-18-6-8-19(9-7-18)30-14-12-26-13-15-30/h2,5-9,16-17,26H,3-4,10-15H2,1H3,(H,27,28,29). The summed E-state index contributed by atoms with van der Waals surface area (Å²) in [7, 11) is 0. The fraction of sp³-hybridized carbons (Fsp3) is 0.440. The molecule has 1 spiro atoms. The first-order chi connectivity index (χ1) is 15.2. The maximum atomic E-state index is 6.64. The van der Waals surface area contributed by atoms with Gasteiger partial charge in [-0.3, -0.25) is 0 Å². The van der Waals surface area contributed by atoms with Crippen LogP contribution in [0.15, 0.2) is 48.4 Å². The molecule has 6 nitrogen and oxygen atoms in total. The van der Waals surface area contributed by atoms with Crippen LogP contribution in [0.5, 0.6) is 0 Å². The Bertz CT molecular complexity index is 1050. The summed E-state index contributed by atoms with van der Waals surface area (Å²) in [6.07, 6.45) is 10.7. The highest BCUT2D eigenvalue weighted by Crippen LogP contribution is 2.53. The van der Waals surface area contributed by atoms with Gasteiger partial charge in [-0.2, -0.15) is 0 Å². The molecule has 6 heteroatoms. The smallest absolute Gasteiger partial charge is 0.227 e. The van der Waals surface area contributed by atoms with Crippen LogP contribution in [0.1, 0.15) is 43.9 Å². The second-order valence-electron chi connectivity index (χ2n) is 9.13. The molecule has 2 fully saturated rings. The molecular formula is C25H29N5O. The van der Waals surface area contributed by atoms with E-state index >= 15 is 0 Å². The van der Waals surface area contributed by atoms with E-state index in [0.717, 1.165) is 73.7 Å². The van der Waals surface area contributed by atoms with E-state index in [1.54, 1.807) is 0 Å². The number of fused-ring (bicyclic) bond motifs is 3. The molecule has 160 valence electrons. The monoisotopic (exact) mass is 415 g/mol. The SMILES string of the molecule is CC1CC=CC2=C1OC1(CCC1)c1nc(Nc3ccc(N4CCNCC4)cc3)ncc12. The summed E-state index contributed by atoms with van der Waals surface area (Å²) < 4.78 is 6.64. The molecule has 2 N–H and O–H groups in total. The Morgan fingerprint density at radius 1 is 1.16 bits per heavy atom. The van der Waals surface area contributed by atoms with Crippen LogP contribution in [0, 0.1) is 5.92 Å². The Labute approximate surface area is 183 Å². The van der Waals surface area contributed by atoms with Crippen molar-refractivity contribution in [1.29, 1.82) is 0 Å². The molecule has 0 bridgehead atoms. The van der Waals surface area contributed by atoms with Gasteiger partial charge in [0.25, 0.3) is 0 Å². The molecule has 6 rings (SSSR count). The molecule has 4 aliphatic rings. The van der Waals surface area contributed by atoms with Gasteiger partial charge < -0.3 is 20.3 Å². The minimum absolute atomic E-state index is 0.265. The number of piperazine rings is 1. The number of rotatable bonds is 3. The molecule has 0 radical (unpaired) electrons. The summed E-state index contributed by atoms with van der Waals surface area (Å²) in [6, 6.07) is 8.58. The molecule has 31 heavy (non-hydrogen) atoms. The third kappa shape index (κ3) is 3.21. The first kappa shape index (κ1) is 18.9. The lowest BCUT2D eigenvalue weighted by Gasteiger charge is -2.47. The second-order valence-corrected chi connectivity index (χ2v) is 9.13. The Morgan fingerprint density at radius 3 is 2.71 bits per heavy atom. The average Bonchev–Trinajstić information content (AvgIpc) is 2.79. The summed E-state index contributed by atoms with van der Waals surface area (Å²) in [5.41, 5.74) is 5.36. The van der Waals surface area contributed by atoms with Crippen molar-refractivity contribution in [2.75, 3.05) is 36.4 Å². The molecule has 1 aromatic heterocycles. The molecule has 1 atom stereocenters. The lowest BCUT2D eigenvalue weighted by molar-refractivity contribution is -0.0831. The molecule has 2 aliphatic carbocycles. The average molecular weight is 416 g/mol. The second kappa shape index (κ2) is 7.38. The highest BCUT2D eigenvalue weighted by atomic mass is 16.5. The van der Waals surface area contributed by atoms with E-state index in [1.165, 1.54) is 12.1 Å². The molecule has 2 aliphatic heterocycles. The normalized spacial score (nSPS) is 23.6. The van der Waals surface area contributed by atoms with Gasteiger partial charge >= 0.3 is 0 Å². The molecule has 1 saturated carbocycles. The number of ether oxygens (including phenoxy) is 1. The van der Waals surface area contributed by atoms with E-state index in [-0.39, 0.29) is 5.60 Å². The molecular weight excluding hydrogens is 386 g/mol. The van der Waals surface area contributed by atoms with Gasteiger partial charge in [0.15, 0.2) is 5.60 Å². The molecule has 3 heterocycles. The number of benzene rings is 1. The van der Waals surface area contributed by atoms with Crippen molar-refractivity contribution >= 4 is 22.9 Å². The Balaban J connectivity index is 1.28. The predicted octanol–water partition coefficient (Wildman–Crippen LogP) is 4.35. The fourth-order valence-electron chi connectivity index (χ4n) is 5.11. The summed E-state index contributed by atoms with van der Waals surface area (Å²) in [4.78, 5) is 12.1. The van der Waals surface area contributed by atoms with Crippen molar-refractivity contribution in [3.8, 4) is 0 Å². The summed E-state index contributed by atoms with van der Waals surface area (Å²) in [5.74, 6) is 2.18. The van der Waals surface area contributed by atoms with Crippen molar-refractivity contribution in [2.24, 2.45) is 5.92 Å². The maximum absolute atomic E-state index is 6.64. The first-order valence-corrected chi connectivity index (χ1v) is 11.5. The van der Waals surface area contributed by atoms with Gasteiger partial charge in [-0.1, -0.05) is 19.1 Å². The van der Waals surface area contributed by atoms with Crippen molar-refractivity contribution < 1.29 is 4.74 Å². The highest BCUT2D eigenvalue weighted by molar-refractivity contribution is 5.80. The van der Waals surface area contributed by atoms with Gasteiger partial charge in [0.2, 0.25) is 5.95 Å². The van der Waals surface area contributed by atoms with Crippen molar-refractivity contribution in [2.45, 2.75) is 38.2 Å².